The minimum atomic E-state index is -0.448. The first-order chi connectivity index (χ1) is 6.63. The summed E-state index contributed by atoms with van der Waals surface area (Å²) in [4.78, 5) is 22.3. The third-order valence-corrected chi connectivity index (χ3v) is 2.26. The van der Waals surface area contributed by atoms with Crippen molar-refractivity contribution in [2.75, 3.05) is 6.54 Å². The summed E-state index contributed by atoms with van der Waals surface area (Å²) >= 11 is 0. The fraction of sp³-hybridized carbons (Fsp3) is 0.778. The van der Waals surface area contributed by atoms with E-state index in [1.54, 1.807) is 0 Å². The SMILES string of the molecule is CCCC(N)C(=O)NC1CNC(=O)C1. The standard InChI is InChI=1S/C9H17N3O2/c1-2-3-7(10)9(14)12-6-4-8(13)11-5-6/h6-7H,2-5,10H2,1H3,(H,11,13)(H,12,14). The molecule has 0 aromatic rings. The lowest BCUT2D eigenvalue weighted by Crippen LogP contribution is -2.46. The fourth-order valence-corrected chi connectivity index (χ4v) is 1.46. The topological polar surface area (TPSA) is 84.2 Å². The highest BCUT2D eigenvalue weighted by atomic mass is 16.2. The smallest absolute Gasteiger partial charge is 0.237 e. The molecule has 1 rings (SSSR count). The molecule has 1 aliphatic rings. The minimum Gasteiger partial charge on any atom is -0.354 e. The molecule has 0 aromatic heterocycles. The first-order valence-electron chi connectivity index (χ1n) is 4.96. The third kappa shape index (κ3) is 2.99. The Labute approximate surface area is 83.4 Å². The highest BCUT2D eigenvalue weighted by molar-refractivity contribution is 5.84. The number of carbonyl (C=O) groups is 2. The largest absolute Gasteiger partial charge is 0.354 e. The van der Waals surface area contributed by atoms with Gasteiger partial charge in [-0.3, -0.25) is 9.59 Å². The normalized spacial score (nSPS) is 23.0. The molecule has 1 heterocycles. The zero-order valence-corrected chi connectivity index (χ0v) is 8.38. The van der Waals surface area contributed by atoms with Crippen molar-refractivity contribution >= 4 is 11.8 Å². The van der Waals surface area contributed by atoms with Crippen LogP contribution in [0.2, 0.25) is 0 Å². The predicted molar refractivity (Wildman–Crippen MR) is 52.4 cm³/mol. The van der Waals surface area contributed by atoms with E-state index in [-0.39, 0.29) is 17.9 Å². The number of amides is 2. The molecule has 4 N–H and O–H groups in total. The van der Waals surface area contributed by atoms with Crippen LogP contribution in [0.5, 0.6) is 0 Å². The van der Waals surface area contributed by atoms with Crippen molar-refractivity contribution in [3.63, 3.8) is 0 Å². The van der Waals surface area contributed by atoms with Gasteiger partial charge in [-0.1, -0.05) is 13.3 Å². The molecule has 0 radical (unpaired) electrons. The van der Waals surface area contributed by atoms with E-state index in [4.69, 9.17) is 5.73 Å². The molecule has 0 bridgehead atoms. The zero-order chi connectivity index (χ0) is 10.6. The van der Waals surface area contributed by atoms with E-state index in [1.165, 1.54) is 0 Å². The van der Waals surface area contributed by atoms with Gasteiger partial charge in [0.25, 0.3) is 0 Å². The molecule has 2 amide bonds. The highest BCUT2D eigenvalue weighted by Crippen LogP contribution is 2.00. The molecule has 14 heavy (non-hydrogen) atoms. The van der Waals surface area contributed by atoms with E-state index in [9.17, 15) is 9.59 Å². The average Bonchev–Trinajstić information content (AvgIpc) is 2.51. The first-order valence-corrected chi connectivity index (χ1v) is 4.96. The molecular formula is C9H17N3O2. The van der Waals surface area contributed by atoms with Crippen molar-refractivity contribution in [1.29, 1.82) is 0 Å². The summed E-state index contributed by atoms with van der Waals surface area (Å²) in [7, 11) is 0. The Hall–Kier alpha value is -1.10. The van der Waals surface area contributed by atoms with Gasteiger partial charge in [0.05, 0.1) is 12.1 Å². The molecule has 0 aliphatic carbocycles. The summed E-state index contributed by atoms with van der Waals surface area (Å²) < 4.78 is 0. The fourth-order valence-electron chi connectivity index (χ4n) is 1.46. The van der Waals surface area contributed by atoms with Gasteiger partial charge in [-0.05, 0) is 6.42 Å². The second-order valence-electron chi connectivity index (χ2n) is 3.61. The monoisotopic (exact) mass is 199 g/mol. The lowest BCUT2D eigenvalue weighted by Gasteiger charge is -2.14. The molecular weight excluding hydrogens is 182 g/mol. The number of hydrogen-bond acceptors (Lipinski definition) is 3. The summed E-state index contributed by atoms with van der Waals surface area (Å²) in [6.45, 7) is 2.50. The van der Waals surface area contributed by atoms with Gasteiger partial charge >= 0.3 is 0 Å². The molecule has 2 unspecified atom stereocenters. The van der Waals surface area contributed by atoms with Crippen LogP contribution in [0.1, 0.15) is 26.2 Å². The lowest BCUT2D eigenvalue weighted by molar-refractivity contribution is -0.123. The molecule has 0 saturated carbocycles. The molecule has 2 atom stereocenters. The Morgan fingerprint density at radius 1 is 1.79 bits per heavy atom. The van der Waals surface area contributed by atoms with E-state index >= 15 is 0 Å². The maximum Gasteiger partial charge on any atom is 0.237 e. The van der Waals surface area contributed by atoms with Crippen LogP contribution in [0.3, 0.4) is 0 Å². The van der Waals surface area contributed by atoms with E-state index in [0.717, 1.165) is 6.42 Å². The van der Waals surface area contributed by atoms with Crippen LogP contribution in [0.4, 0.5) is 0 Å². The Bertz CT molecular complexity index is 230. The van der Waals surface area contributed by atoms with E-state index in [1.807, 2.05) is 6.92 Å². The Kier molecular flexibility index (Phi) is 3.88. The predicted octanol–water partition coefficient (Wildman–Crippen LogP) is -0.881. The van der Waals surface area contributed by atoms with Crippen LogP contribution < -0.4 is 16.4 Å². The molecule has 0 aromatic carbocycles. The van der Waals surface area contributed by atoms with Crippen molar-refractivity contribution in [2.45, 2.75) is 38.3 Å². The van der Waals surface area contributed by atoms with Crippen molar-refractivity contribution in [1.82, 2.24) is 10.6 Å². The van der Waals surface area contributed by atoms with Crippen molar-refractivity contribution in [2.24, 2.45) is 5.73 Å². The van der Waals surface area contributed by atoms with Crippen LogP contribution in [-0.2, 0) is 9.59 Å². The van der Waals surface area contributed by atoms with Gasteiger partial charge in [0.15, 0.2) is 0 Å². The third-order valence-electron chi connectivity index (χ3n) is 2.26. The molecule has 0 spiro atoms. The van der Waals surface area contributed by atoms with Crippen LogP contribution in [0.15, 0.2) is 0 Å². The van der Waals surface area contributed by atoms with Crippen molar-refractivity contribution < 1.29 is 9.59 Å². The van der Waals surface area contributed by atoms with E-state index in [2.05, 4.69) is 10.6 Å². The van der Waals surface area contributed by atoms with Gasteiger partial charge in [0.2, 0.25) is 11.8 Å². The molecule has 5 heteroatoms. The average molecular weight is 199 g/mol. The molecule has 1 fully saturated rings. The van der Waals surface area contributed by atoms with Gasteiger partial charge in [-0.25, -0.2) is 0 Å². The quantitative estimate of drug-likeness (QED) is 0.549. The lowest BCUT2D eigenvalue weighted by atomic mass is 10.1. The van der Waals surface area contributed by atoms with E-state index in [0.29, 0.717) is 19.4 Å². The zero-order valence-electron chi connectivity index (χ0n) is 8.38. The summed E-state index contributed by atoms with van der Waals surface area (Å²) in [5.74, 6) is -0.173. The van der Waals surface area contributed by atoms with Crippen LogP contribution >= 0.6 is 0 Å². The van der Waals surface area contributed by atoms with Crippen molar-refractivity contribution in [3.8, 4) is 0 Å². The number of nitrogens with two attached hydrogens (primary N) is 1. The summed E-state index contributed by atoms with van der Waals surface area (Å²) in [6.07, 6.45) is 1.93. The molecule has 1 saturated heterocycles. The van der Waals surface area contributed by atoms with Crippen LogP contribution in [0, 0.1) is 0 Å². The van der Waals surface area contributed by atoms with E-state index < -0.39 is 6.04 Å². The maximum atomic E-state index is 11.4. The summed E-state index contributed by atoms with van der Waals surface area (Å²) in [6, 6.07) is -0.534. The number of hydrogen-bond donors (Lipinski definition) is 3. The van der Waals surface area contributed by atoms with Crippen LogP contribution in [-0.4, -0.2) is 30.4 Å². The van der Waals surface area contributed by atoms with Crippen molar-refractivity contribution in [3.05, 3.63) is 0 Å². The second-order valence-corrected chi connectivity index (χ2v) is 3.61. The molecule has 1 aliphatic heterocycles. The van der Waals surface area contributed by atoms with Gasteiger partial charge in [0, 0.05) is 13.0 Å². The van der Waals surface area contributed by atoms with Crippen LogP contribution in [0.25, 0.3) is 0 Å². The Balaban J connectivity index is 2.29. The molecule has 5 nitrogen and oxygen atoms in total. The van der Waals surface area contributed by atoms with Gasteiger partial charge in [-0.15, -0.1) is 0 Å². The molecule has 80 valence electrons. The van der Waals surface area contributed by atoms with Gasteiger partial charge < -0.3 is 16.4 Å². The number of nitrogens with one attached hydrogen (secondary N) is 2. The van der Waals surface area contributed by atoms with Gasteiger partial charge in [0.1, 0.15) is 0 Å². The van der Waals surface area contributed by atoms with Gasteiger partial charge in [-0.2, -0.15) is 0 Å². The Morgan fingerprint density at radius 2 is 2.50 bits per heavy atom. The Morgan fingerprint density at radius 3 is 3.00 bits per heavy atom. The highest BCUT2D eigenvalue weighted by Gasteiger charge is 2.24. The maximum absolute atomic E-state index is 11.4. The number of rotatable bonds is 4. The second kappa shape index (κ2) is 4.95. The number of carbonyl (C=O) groups excluding carboxylic acids is 2. The summed E-state index contributed by atoms with van der Waals surface area (Å²) in [5, 5.41) is 5.40. The summed E-state index contributed by atoms with van der Waals surface area (Å²) in [5.41, 5.74) is 5.62. The minimum absolute atomic E-state index is 0.0145. The first kappa shape index (κ1) is 11.0.